The molecular weight excluding hydrogens is 450 g/mol. The molecule has 1 fully saturated rings. The fourth-order valence-corrected chi connectivity index (χ4v) is 4.69. The normalized spacial score (nSPS) is 19.7. The van der Waals surface area contributed by atoms with Gasteiger partial charge in [0.15, 0.2) is 17.9 Å². The summed E-state index contributed by atoms with van der Waals surface area (Å²) in [6.45, 7) is 1.22. The molecular formula is C22H19N3O7S. The van der Waals surface area contributed by atoms with E-state index in [0.717, 1.165) is 0 Å². The fourth-order valence-electron chi connectivity index (χ4n) is 3.47. The number of nitro benzene ring substituents is 1. The standard InChI is InChI=1S/C22H19N3O7S/c1-13(26)19(22(28)32-11-14-7-9-15(10-8-14)25(29)30)24-20(27)18-21(24)33-17(23-18)12-31-16-5-3-2-4-6-16/h2-10,18-19,21H,11-12H2,1H3. The number of ether oxygens (including phenoxy) is 2. The Hall–Kier alpha value is -3.73. The van der Waals surface area contributed by atoms with Crippen molar-refractivity contribution in [3.05, 3.63) is 70.3 Å². The molecule has 2 heterocycles. The lowest BCUT2D eigenvalue weighted by Crippen LogP contribution is -2.67. The lowest BCUT2D eigenvalue weighted by Gasteiger charge is -2.43. The van der Waals surface area contributed by atoms with E-state index in [-0.39, 0.29) is 18.9 Å². The van der Waals surface area contributed by atoms with Gasteiger partial charge < -0.3 is 14.4 Å². The van der Waals surface area contributed by atoms with Crippen molar-refractivity contribution in [2.24, 2.45) is 4.99 Å². The predicted molar refractivity (Wildman–Crippen MR) is 119 cm³/mol. The van der Waals surface area contributed by atoms with E-state index < -0.39 is 40.0 Å². The average Bonchev–Trinajstić information content (AvgIpc) is 3.19. The number of carbonyl (C=O) groups excluding carboxylic acids is 3. The number of amides is 1. The first-order valence-electron chi connectivity index (χ1n) is 9.99. The minimum atomic E-state index is -1.38. The summed E-state index contributed by atoms with van der Waals surface area (Å²) in [7, 11) is 0. The SMILES string of the molecule is CC(=O)C(C(=O)OCc1ccc([N+](=O)[O-])cc1)N1C(=O)C2N=C(COc3ccccc3)SC21. The molecule has 4 rings (SSSR count). The molecule has 3 unspecified atom stereocenters. The van der Waals surface area contributed by atoms with Crippen LogP contribution in [0, 0.1) is 10.1 Å². The Kier molecular flexibility index (Phi) is 6.40. The van der Waals surface area contributed by atoms with Crippen molar-refractivity contribution >= 4 is 40.2 Å². The molecule has 0 N–H and O–H groups in total. The van der Waals surface area contributed by atoms with Gasteiger partial charge in [0.05, 0.1) is 4.92 Å². The van der Waals surface area contributed by atoms with Gasteiger partial charge in [0.2, 0.25) is 0 Å². The Labute approximate surface area is 192 Å². The number of nitro groups is 1. The smallest absolute Gasteiger partial charge is 0.337 e. The van der Waals surface area contributed by atoms with E-state index in [0.29, 0.717) is 16.4 Å². The molecule has 170 valence electrons. The second kappa shape index (κ2) is 9.41. The van der Waals surface area contributed by atoms with Crippen molar-refractivity contribution in [2.45, 2.75) is 31.0 Å². The van der Waals surface area contributed by atoms with Crippen LogP contribution in [0.2, 0.25) is 0 Å². The van der Waals surface area contributed by atoms with Crippen LogP contribution in [0.1, 0.15) is 12.5 Å². The number of carbonyl (C=O) groups is 3. The molecule has 0 saturated carbocycles. The number of ketones is 1. The lowest BCUT2D eigenvalue weighted by atomic mass is 10.0. The van der Waals surface area contributed by atoms with Gasteiger partial charge in [0.1, 0.15) is 29.4 Å². The topological polar surface area (TPSA) is 128 Å². The van der Waals surface area contributed by atoms with E-state index in [1.807, 2.05) is 18.2 Å². The van der Waals surface area contributed by atoms with Gasteiger partial charge in [-0.3, -0.25) is 24.7 Å². The largest absolute Gasteiger partial charge is 0.487 e. The summed E-state index contributed by atoms with van der Waals surface area (Å²) < 4.78 is 10.9. The summed E-state index contributed by atoms with van der Waals surface area (Å²) >= 11 is 1.28. The molecule has 0 aliphatic carbocycles. The summed E-state index contributed by atoms with van der Waals surface area (Å²) in [6.07, 6.45) is 0. The number of para-hydroxylation sites is 1. The molecule has 2 aliphatic rings. The molecule has 0 aromatic heterocycles. The van der Waals surface area contributed by atoms with E-state index in [2.05, 4.69) is 4.99 Å². The second-order valence-electron chi connectivity index (χ2n) is 7.37. The van der Waals surface area contributed by atoms with Crippen LogP contribution in [-0.4, -0.2) is 56.6 Å². The zero-order chi connectivity index (χ0) is 23.5. The van der Waals surface area contributed by atoms with E-state index in [1.165, 1.54) is 47.9 Å². The van der Waals surface area contributed by atoms with Crippen LogP contribution in [0.5, 0.6) is 5.75 Å². The number of hydrogen-bond donors (Lipinski definition) is 0. The van der Waals surface area contributed by atoms with Gasteiger partial charge in [0, 0.05) is 12.1 Å². The second-order valence-corrected chi connectivity index (χ2v) is 8.56. The monoisotopic (exact) mass is 469 g/mol. The van der Waals surface area contributed by atoms with Crippen molar-refractivity contribution in [1.82, 2.24) is 4.90 Å². The van der Waals surface area contributed by atoms with Gasteiger partial charge in [-0.2, -0.15) is 0 Å². The van der Waals surface area contributed by atoms with E-state index in [4.69, 9.17) is 9.47 Å². The highest BCUT2D eigenvalue weighted by Gasteiger charge is 2.57. The fraction of sp³-hybridized carbons (Fsp3) is 0.273. The van der Waals surface area contributed by atoms with Gasteiger partial charge in [-0.05, 0) is 36.8 Å². The quantitative estimate of drug-likeness (QED) is 0.180. The third-order valence-electron chi connectivity index (χ3n) is 5.11. The Balaban J connectivity index is 1.36. The van der Waals surface area contributed by atoms with Crippen molar-refractivity contribution < 1.29 is 28.8 Å². The molecule has 10 nitrogen and oxygen atoms in total. The lowest BCUT2D eigenvalue weighted by molar-refractivity contribution is -0.384. The zero-order valence-corrected chi connectivity index (χ0v) is 18.3. The number of likely N-dealkylation sites (tertiary alicyclic amines) is 1. The molecule has 2 aromatic carbocycles. The first-order chi connectivity index (χ1) is 15.8. The van der Waals surface area contributed by atoms with Crippen LogP contribution < -0.4 is 4.74 Å². The number of fused-ring (bicyclic) bond motifs is 1. The molecule has 11 heteroatoms. The number of esters is 1. The molecule has 33 heavy (non-hydrogen) atoms. The molecule has 0 bridgehead atoms. The summed E-state index contributed by atoms with van der Waals surface area (Å²) in [5.41, 5.74) is 0.428. The maximum atomic E-state index is 12.7. The van der Waals surface area contributed by atoms with E-state index in [9.17, 15) is 24.5 Å². The highest BCUT2D eigenvalue weighted by molar-refractivity contribution is 8.15. The molecule has 3 atom stereocenters. The van der Waals surface area contributed by atoms with Gasteiger partial charge in [-0.15, -0.1) is 0 Å². The number of rotatable bonds is 9. The molecule has 1 saturated heterocycles. The van der Waals surface area contributed by atoms with Crippen molar-refractivity contribution in [3.8, 4) is 5.75 Å². The maximum absolute atomic E-state index is 12.7. The van der Waals surface area contributed by atoms with Crippen LogP contribution >= 0.6 is 11.8 Å². The third kappa shape index (κ3) is 4.72. The van der Waals surface area contributed by atoms with Crippen molar-refractivity contribution in [2.75, 3.05) is 6.61 Å². The number of hydrogen-bond acceptors (Lipinski definition) is 9. The number of non-ortho nitro benzene ring substituents is 1. The van der Waals surface area contributed by atoms with Crippen molar-refractivity contribution in [1.29, 1.82) is 0 Å². The van der Waals surface area contributed by atoms with Gasteiger partial charge >= 0.3 is 5.97 Å². The highest BCUT2D eigenvalue weighted by atomic mass is 32.2. The minimum absolute atomic E-state index is 0.0887. The Morgan fingerprint density at radius 2 is 1.85 bits per heavy atom. The van der Waals surface area contributed by atoms with Crippen LogP contribution in [0.3, 0.4) is 0 Å². The van der Waals surface area contributed by atoms with Gasteiger partial charge in [-0.25, -0.2) is 4.79 Å². The van der Waals surface area contributed by atoms with Gasteiger partial charge in [-0.1, -0.05) is 30.0 Å². The summed E-state index contributed by atoms with van der Waals surface area (Å²) in [4.78, 5) is 53.3. The number of benzene rings is 2. The number of Topliss-reactive ketones (excluding diaryl/α,β-unsaturated/α-hetero) is 1. The first kappa shape index (κ1) is 22.5. The molecule has 0 spiro atoms. The maximum Gasteiger partial charge on any atom is 0.337 e. The molecule has 0 radical (unpaired) electrons. The number of β-lactam (4-membered cyclic amide) rings is 1. The number of nitrogens with zero attached hydrogens (tertiary/aromatic N) is 3. The zero-order valence-electron chi connectivity index (χ0n) is 17.5. The third-order valence-corrected chi connectivity index (χ3v) is 6.33. The average molecular weight is 469 g/mol. The van der Waals surface area contributed by atoms with Crippen molar-refractivity contribution in [3.63, 3.8) is 0 Å². The van der Waals surface area contributed by atoms with E-state index >= 15 is 0 Å². The number of aliphatic imine (C=N–C) groups is 1. The molecule has 2 aliphatic heterocycles. The van der Waals surface area contributed by atoms with Crippen LogP contribution in [0.4, 0.5) is 5.69 Å². The van der Waals surface area contributed by atoms with Crippen LogP contribution in [-0.2, 0) is 25.7 Å². The van der Waals surface area contributed by atoms with E-state index in [1.54, 1.807) is 12.1 Å². The minimum Gasteiger partial charge on any atom is -0.487 e. The molecule has 1 amide bonds. The van der Waals surface area contributed by atoms with Crippen LogP contribution in [0.15, 0.2) is 59.6 Å². The summed E-state index contributed by atoms with van der Waals surface area (Å²) in [6, 6.07) is 12.6. The first-order valence-corrected chi connectivity index (χ1v) is 10.9. The Morgan fingerprint density at radius 1 is 1.15 bits per heavy atom. The predicted octanol–water partition coefficient (Wildman–Crippen LogP) is 2.36. The Bertz CT molecular complexity index is 1120. The highest BCUT2D eigenvalue weighted by Crippen LogP contribution is 2.40. The van der Waals surface area contributed by atoms with Gasteiger partial charge in [0.25, 0.3) is 11.6 Å². The van der Waals surface area contributed by atoms with Crippen LogP contribution in [0.25, 0.3) is 0 Å². The molecule has 2 aromatic rings. The summed E-state index contributed by atoms with van der Waals surface area (Å²) in [5.74, 6) is -1.14. The Morgan fingerprint density at radius 3 is 2.48 bits per heavy atom. The number of thioether (sulfide) groups is 1. The summed E-state index contributed by atoms with van der Waals surface area (Å²) in [5, 5.41) is 10.9.